The standard InChI is InChI=1S/C12H13BrF3NO/c1-5-2-6(13)3-8(10(5)14)12(17,11(15)16)7-4-9(7)18/h2-3,7,9,11,18H,4,17H2,1H3/t7?,9?,12-/m0/s1. The molecule has 1 aromatic carbocycles. The van der Waals surface area contributed by atoms with Gasteiger partial charge in [0.2, 0.25) is 0 Å². The molecule has 0 bridgehead atoms. The highest BCUT2D eigenvalue weighted by molar-refractivity contribution is 9.10. The SMILES string of the molecule is Cc1cc(Br)cc([C@](N)(C(F)F)C2CC2O)c1F. The zero-order chi connectivity index (χ0) is 13.7. The maximum Gasteiger partial charge on any atom is 0.260 e. The van der Waals surface area contributed by atoms with Crippen molar-refractivity contribution in [2.45, 2.75) is 31.4 Å². The fourth-order valence-electron chi connectivity index (χ4n) is 2.21. The van der Waals surface area contributed by atoms with E-state index in [0.717, 1.165) is 0 Å². The van der Waals surface area contributed by atoms with E-state index in [9.17, 15) is 18.3 Å². The van der Waals surface area contributed by atoms with Crippen LogP contribution in [0.2, 0.25) is 0 Å². The summed E-state index contributed by atoms with van der Waals surface area (Å²) in [5.74, 6) is -1.54. The van der Waals surface area contributed by atoms with Gasteiger partial charge in [0.05, 0.1) is 6.10 Å². The average molecular weight is 324 g/mol. The third-order valence-electron chi connectivity index (χ3n) is 3.42. The Morgan fingerprint density at radius 1 is 1.50 bits per heavy atom. The molecule has 18 heavy (non-hydrogen) atoms. The fraction of sp³-hybridized carbons (Fsp3) is 0.500. The second-order valence-corrected chi connectivity index (χ2v) is 5.64. The summed E-state index contributed by atoms with van der Waals surface area (Å²) in [7, 11) is 0. The monoisotopic (exact) mass is 323 g/mol. The highest BCUT2D eigenvalue weighted by Gasteiger charge is 2.57. The highest BCUT2D eigenvalue weighted by atomic mass is 79.9. The summed E-state index contributed by atoms with van der Waals surface area (Å²) in [6.45, 7) is 1.48. The van der Waals surface area contributed by atoms with Crippen LogP contribution in [-0.4, -0.2) is 17.6 Å². The number of benzene rings is 1. The summed E-state index contributed by atoms with van der Waals surface area (Å²) < 4.78 is 41.0. The molecule has 3 atom stereocenters. The van der Waals surface area contributed by atoms with E-state index in [1.165, 1.54) is 19.1 Å². The maximum absolute atomic E-state index is 14.0. The molecule has 2 rings (SSSR count). The molecule has 1 aliphatic carbocycles. The van der Waals surface area contributed by atoms with Crippen LogP contribution in [0.4, 0.5) is 13.2 Å². The first kappa shape index (κ1) is 13.8. The molecule has 0 amide bonds. The van der Waals surface area contributed by atoms with Crippen LogP contribution >= 0.6 is 15.9 Å². The summed E-state index contributed by atoms with van der Waals surface area (Å²) >= 11 is 3.14. The Kier molecular flexibility index (Phi) is 3.46. The van der Waals surface area contributed by atoms with Crippen LogP contribution in [-0.2, 0) is 5.54 Å². The number of aryl methyl sites for hydroxylation is 1. The molecule has 1 saturated carbocycles. The summed E-state index contributed by atoms with van der Waals surface area (Å²) in [5, 5.41) is 9.35. The van der Waals surface area contributed by atoms with Crippen molar-refractivity contribution in [2.75, 3.05) is 0 Å². The average Bonchev–Trinajstić information content (AvgIpc) is 3.00. The molecule has 6 heteroatoms. The first-order chi connectivity index (χ1) is 8.28. The summed E-state index contributed by atoms with van der Waals surface area (Å²) in [5.41, 5.74) is 3.58. The van der Waals surface area contributed by atoms with Gasteiger partial charge in [-0.15, -0.1) is 0 Å². The van der Waals surface area contributed by atoms with E-state index in [-0.39, 0.29) is 17.5 Å². The Labute approximate surface area is 111 Å². The number of alkyl halides is 2. The van der Waals surface area contributed by atoms with Gasteiger partial charge in [-0.1, -0.05) is 15.9 Å². The molecule has 0 heterocycles. The van der Waals surface area contributed by atoms with Crippen LogP contribution < -0.4 is 5.73 Å². The first-order valence-corrected chi connectivity index (χ1v) is 6.29. The van der Waals surface area contributed by atoms with E-state index in [4.69, 9.17) is 5.73 Å². The molecule has 1 aromatic rings. The Morgan fingerprint density at radius 3 is 2.50 bits per heavy atom. The predicted octanol–water partition coefficient (Wildman–Crippen LogP) is 2.70. The Morgan fingerprint density at radius 2 is 2.06 bits per heavy atom. The molecule has 2 nitrogen and oxygen atoms in total. The number of hydrogen-bond donors (Lipinski definition) is 2. The molecule has 0 aromatic heterocycles. The van der Waals surface area contributed by atoms with Gasteiger partial charge in [0.25, 0.3) is 6.43 Å². The van der Waals surface area contributed by atoms with Gasteiger partial charge in [-0.3, -0.25) is 0 Å². The van der Waals surface area contributed by atoms with Gasteiger partial charge in [0, 0.05) is 16.0 Å². The number of aliphatic hydroxyl groups excluding tert-OH is 1. The first-order valence-electron chi connectivity index (χ1n) is 5.49. The third kappa shape index (κ3) is 2.06. The molecule has 0 spiro atoms. The molecule has 1 aliphatic rings. The molecular weight excluding hydrogens is 311 g/mol. The fourth-order valence-corrected chi connectivity index (χ4v) is 2.79. The van der Waals surface area contributed by atoms with Crippen molar-refractivity contribution in [3.05, 3.63) is 33.5 Å². The van der Waals surface area contributed by atoms with Gasteiger partial charge in [-0.05, 0) is 31.0 Å². The predicted molar refractivity (Wildman–Crippen MR) is 64.8 cm³/mol. The second-order valence-electron chi connectivity index (χ2n) is 4.73. The quantitative estimate of drug-likeness (QED) is 0.898. The number of aliphatic hydroxyl groups is 1. The Bertz CT molecular complexity index is 483. The third-order valence-corrected chi connectivity index (χ3v) is 3.88. The minimum atomic E-state index is -2.94. The van der Waals surface area contributed by atoms with Crippen molar-refractivity contribution < 1.29 is 18.3 Å². The van der Waals surface area contributed by atoms with Gasteiger partial charge in [0.1, 0.15) is 11.4 Å². The molecule has 1 fully saturated rings. The summed E-state index contributed by atoms with van der Waals surface area (Å²) in [4.78, 5) is 0. The molecule has 100 valence electrons. The van der Waals surface area contributed by atoms with E-state index >= 15 is 0 Å². The van der Waals surface area contributed by atoms with Gasteiger partial charge in [0.15, 0.2) is 0 Å². The van der Waals surface area contributed by atoms with E-state index in [1.54, 1.807) is 0 Å². The van der Waals surface area contributed by atoms with Crippen molar-refractivity contribution in [1.82, 2.24) is 0 Å². The van der Waals surface area contributed by atoms with Crippen LogP contribution in [0, 0.1) is 18.7 Å². The van der Waals surface area contributed by atoms with Crippen LogP contribution in [0.15, 0.2) is 16.6 Å². The topological polar surface area (TPSA) is 46.2 Å². The van der Waals surface area contributed by atoms with Gasteiger partial charge in [-0.25, -0.2) is 13.2 Å². The lowest BCUT2D eigenvalue weighted by Gasteiger charge is -2.30. The second kappa shape index (κ2) is 4.51. The molecule has 2 unspecified atom stereocenters. The van der Waals surface area contributed by atoms with Gasteiger partial charge < -0.3 is 10.8 Å². The lowest BCUT2D eigenvalue weighted by molar-refractivity contribution is 0.0261. The summed E-state index contributed by atoms with van der Waals surface area (Å²) in [6, 6.07) is 2.76. The maximum atomic E-state index is 14.0. The largest absolute Gasteiger partial charge is 0.393 e. The summed E-state index contributed by atoms with van der Waals surface area (Å²) in [6.07, 6.45) is -3.66. The van der Waals surface area contributed by atoms with E-state index in [0.29, 0.717) is 4.47 Å². The van der Waals surface area contributed by atoms with Crippen molar-refractivity contribution in [3.8, 4) is 0 Å². The van der Waals surface area contributed by atoms with E-state index < -0.39 is 29.8 Å². The zero-order valence-corrected chi connectivity index (χ0v) is 11.2. The Hall–Kier alpha value is -0.590. The molecular formula is C12H13BrF3NO. The molecule has 3 N–H and O–H groups in total. The van der Waals surface area contributed by atoms with Gasteiger partial charge >= 0.3 is 0 Å². The highest BCUT2D eigenvalue weighted by Crippen LogP contribution is 2.48. The smallest absolute Gasteiger partial charge is 0.260 e. The molecule has 0 saturated heterocycles. The van der Waals surface area contributed by atoms with E-state index in [1.807, 2.05) is 0 Å². The lowest BCUT2D eigenvalue weighted by atomic mass is 9.85. The zero-order valence-electron chi connectivity index (χ0n) is 9.63. The molecule has 0 radical (unpaired) electrons. The normalized spacial score (nSPS) is 26.2. The van der Waals surface area contributed by atoms with Crippen molar-refractivity contribution >= 4 is 15.9 Å². The number of halogens is 4. The van der Waals surface area contributed by atoms with Crippen LogP contribution in [0.25, 0.3) is 0 Å². The minimum Gasteiger partial charge on any atom is -0.393 e. The lowest BCUT2D eigenvalue weighted by Crippen LogP contribution is -2.48. The van der Waals surface area contributed by atoms with Gasteiger partial charge in [-0.2, -0.15) is 0 Å². The van der Waals surface area contributed by atoms with Crippen LogP contribution in [0.5, 0.6) is 0 Å². The van der Waals surface area contributed by atoms with Crippen LogP contribution in [0.1, 0.15) is 17.5 Å². The van der Waals surface area contributed by atoms with E-state index in [2.05, 4.69) is 15.9 Å². The number of hydrogen-bond acceptors (Lipinski definition) is 2. The number of rotatable bonds is 3. The van der Waals surface area contributed by atoms with Crippen molar-refractivity contribution in [2.24, 2.45) is 11.7 Å². The Balaban J connectivity index is 2.56. The molecule has 0 aliphatic heterocycles. The number of nitrogens with two attached hydrogens (primary N) is 1. The van der Waals surface area contributed by atoms with Crippen molar-refractivity contribution in [1.29, 1.82) is 0 Å². The minimum absolute atomic E-state index is 0.172. The van der Waals surface area contributed by atoms with Crippen LogP contribution in [0.3, 0.4) is 0 Å². The van der Waals surface area contributed by atoms with Crippen molar-refractivity contribution in [3.63, 3.8) is 0 Å².